The second kappa shape index (κ2) is 13.1. The molecule has 2 atom stereocenters. The van der Waals surface area contributed by atoms with E-state index in [2.05, 4.69) is 9.97 Å². The highest BCUT2D eigenvalue weighted by molar-refractivity contribution is 6.12. The summed E-state index contributed by atoms with van der Waals surface area (Å²) in [5.74, 6) is 1.67. The molecule has 0 saturated carbocycles. The van der Waals surface area contributed by atoms with Gasteiger partial charge in [0.25, 0.3) is 0 Å². The van der Waals surface area contributed by atoms with Crippen molar-refractivity contribution in [2.45, 2.75) is 51.5 Å². The van der Waals surface area contributed by atoms with Crippen molar-refractivity contribution in [3.63, 3.8) is 0 Å². The molecule has 2 N–H and O–H groups in total. The van der Waals surface area contributed by atoms with Gasteiger partial charge >= 0.3 is 0 Å². The molecule has 14 heteroatoms. The fraction of sp³-hybridized carbons (Fsp3) is 0.273. The summed E-state index contributed by atoms with van der Waals surface area (Å²) in [4.78, 5) is 37.8. The van der Waals surface area contributed by atoms with E-state index >= 15 is 0 Å². The van der Waals surface area contributed by atoms with Crippen molar-refractivity contribution in [3.05, 3.63) is 84.9 Å². The molecule has 58 heavy (non-hydrogen) atoms. The lowest BCUT2D eigenvalue weighted by Crippen LogP contribution is -2.25. The van der Waals surface area contributed by atoms with Gasteiger partial charge in [0.1, 0.15) is 59.5 Å². The Kier molecular flexibility index (Phi) is 7.89. The molecule has 0 aliphatic carbocycles. The first-order chi connectivity index (χ1) is 28.1. The highest BCUT2D eigenvalue weighted by Gasteiger charge is 2.35. The van der Waals surface area contributed by atoms with Gasteiger partial charge in [-0.3, -0.25) is 0 Å². The van der Waals surface area contributed by atoms with Gasteiger partial charge in [-0.2, -0.15) is 0 Å². The minimum absolute atomic E-state index is 0.241. The number of hydrogen-bond donors (Lipinski definition) is 2. The lowest BCUT2D eigenvalue weighted by molar-refractivity contribution is -0.141. The Balaban J connectivity index is 1.21. The SMILES string of the molecule is CC1(C)OCC(COc2ccc(OCC3COC(C)(C)O3)c3c4nc5nc(nc6[nH]c(nc7nc(nc([nH]4)c23)-c2ccccc2-7)c2ccccc62)-c2ccccc2-5)O1. The third-order valence-corrected chi connectivity index (χ3v) is 10.6. The monoisotopic (exact) mass is 774 g/mol. The Hall–Kier alpha value is -6.32. The predicted molar refractivity (Wildman–Crippen MR) is 217 cm³/mol. The molecule has 2 saturated heterocycles. The zero-order valence-electron chi connectivity index (χ0n) is 32.2. The largest absolute Gasteiger partial charge is 0.490 e. The van der Waals surface area contributed by atoms with E-state index in [4.69, 9.17) is 58.3 Å². The van der Waals surface area contributed by atoms with E-state index in [1.54, 1.807) is 0 Å². The molecule has 0 radical (unpaired) electrons. The van der Waals surface area contributed by atoms with Crippen LogP contribution in [0.3, 0.4) is 0 Å². The highest BCUT2D eigenvalue weighted by atomic mass is 16.8. The minimum atomic E-state index is -0.703. The van der Waals surface area contributed by atoms with Crippen LogP contribution in [0.4, 0.5) is 0 Å². The Morgan fingerprint density at radius 2 is 0.862 bits per heavy atom. The number of nitrogens with zero attached hydrogens (tertiary/aromatic N) is 6. The maximum absolute atomic E-state index is 6.59. The van der Waals surface area contributed by atoms with Gasteiger partial charge in [-0.15, -0.1) is 0 Å². The fourth-order valence-corrected chi connectivity index (χ4v) is 8.01. The maximum atomic E-state index is 6.59. The van der Waals surface area contributed by atoms with E-state index in [1.165, 1.54) is 0 Å². The molecule has 290 valence electrons. The van der Waals surface area contributed by atoms with Gasteiger partial charge < -0.3 is 38.4 Å². The van der Waals surface area contributed by atoms with Crippen LogP contribution in [0.2, 0.25) is 0 Å². The summed E-state index contributed by atoms with van der Waals surface area (Å²) in [6.45, 7) is 8.86. The summed E-state index contributed by atoms with van der Waals surface area (Å²) in [7, 11) is 0. The second-order valence-electron chi connectivity index (χ2n) is 15.6. The van der Waals surface area contributed by atoms with Crippen molar-refractivity contribution in [2.75, 3.05) is 26.4 Å². The summed E-state index contributed by atoms with van der Waals surface area (Å²) < 4.78 is 37.1. The van der Waals surface area contributed by atoms with Crippen molar-refractivity contribution in [1.29, 1.82) is 0 Å². The molecule has 7 heterocycles. The average molecular weight is 775 g/mol. The number of aromatic amines is 2. The van der Waals surface area contributed by atoms with Crippen molar-refractivity contribution in [2.24, 2.45) is 0 Å². The highest BCUT2D eigenvalue weighted by Crippen LogP contribution is 2.42. The summed E-state index contributed by atoms with van der Waals surface area (Å²) in [6.07, 6.45) is -0.559. The van der Waals surface area contributed by atoms with Gasteiger partial charge in [-0.05, 0) is 39.8 Å². The molecule has 2 fully saturated rings. The van der Waals surface area contributed by atoms with Gasteiger partial charge in [0, 0.05) is 33.0 Å². The van der Waals surface area contributed by atoms with Crippen molar-refractivity contribution >= 4 is 44.1 Å². The third-order valence-electron chi connectivity index (χ3n) is 10.6. The third kappa shape index (κ3) is 6.03. The smallest absolute Gasteiger partial charge is 0.164 e. The molecule has 8 bridgehead atoms. The van der Waals surface area contributed by atoms with Crippen LogP contribution in [0.5, 0.6) is 11.5 Å². The molecule has 7 aromatic rings. The molecule has 4 aliphatic rings. The summed E-state index contributed by atoms with van der Waals surface area (Å²) in [6, 6.07) is 27.7. The van der Waals surface area contributed by atoms with E-state index < -0.39 is 11.6 Å². The van der Waals surface area contributed by atoms with Gasteiger partial charge in [0.15, 0.2) is 34.9 Å². The molecule has 11 rings (SSSR count). The lowest BCUT2D eigenvalue weighted by atomic mass is 10.1. The standard InChI is InChI=1S/C44H38N8O6/c1-43(2)55-21-23(57-43)19-53-31-17-18-32(54-20-24-22-56-44(3,4)58-24)34-33(31)41-50-39-29-15-9-7-13-27(29)37(48-39)46-35-25-11-5-6-12-26(25)36(45-35)47-38-28-14-8-10-16-30(28)40(49-38)51-42(34)52-41/h5-18,23-24H,19-22H2,1-4H3,(H2,45,46,47,48,49,50,51,52). The van der Waals surface area contributed by atoms with E-state index in [9.17, 15) is 0 Å². The van der Waals surface area contributed by atoms with Crippen LogP contribution in [0, 0.1) is 0 Å². The number of benzene rings is 4. The zero-order chi connectivity index (χ0) is 39.2. The van der Waals surface area contributed by atoms with Crippen LogP contribution in [0.1, 0.15) is 27.7 Å². The zero-order valence-corrected chi connectivity index (χ0v) is 32.2. The lowest BCUT2D eigenvalue weighted by Gasteiger charge is -2.18. The molecule has 4 aliphatic heterocycles. The Morgan fingerprint density at radius 1 is 0.500 bits per heavy atom. The van der Waals surface area contributed by atoms with E-state index in [-0.39, 0.29) is 25.4 Å². The molecular formula is C44H38N8O6. The van der Waals surface area contributed by atoms with E-state index in [1.807, 2.05) is 113 Å². The summed E-state index contributed by atoms with van der Waals surface area (Å²) >= 11 is 0. The van der Waals surface area contributed by atoms with Gasteiger partial charge in [-0.1, -0.05) is 72.8 Å². The van der Waals surface area contributed by atoms with Crippen molar-refractivity contribution in [1.82, 2.24) is 39.9 Å². The summed E-state index contributed by atoms with van der Waals surface area (Å²) in [5, 5.41) is 3.11. The van der Waals surface area contributed by atoms with Crippen LogP contribution >= 0.6 is 0 Å². The number of fused-ring (bicyclic) bond motifs is 20. The van der Waals surface area contributed by atoms with Gasteiger partial charge in [0.05, 0.1) is 24.0 Å². The molecule has 4 aromatic carbocycles. The van der Waals surface area contributed by atoms with Crippen LogP contribution in [-0.4, -0.2) is 90.1 Å². The number of ether oxygens (including phenoxy) is 6. The van der Waals surface area contributed by atoms with Crippen molar-refractivity contribution < 1.29 is 28.4 Å². The normalized spacial score (nSPS) is 19.0. The molecular weight excluding hydrogens is 737 g/mol. The van der Waals surface area contributed by atoms with Crippen LogP contribution in [0.25, 0.3) is 89.7 Å². The topological polar surface area (TPSA) is 164 Å². The van der Waals surface area contributed by atoms with Gasteiger partial charge in [-0.25, -0.2) is 29.9 Å². The Labute approximate surface area is 331 Å². The number of hydrogen-bond acceptors (Lipinski definition) is 12. The first kappa shape index (κ1) is 34.9. The van der Waals surface area contributed by atoms with Crippen LogP contribution < -0.4 is 9.47 Å². The summed E-state index contributed by atoms with van der Waals surface area (Å²) in [5.41, 5.74) is 5.54. The van der Waals surface area contributed by atoms with Crippen molar-refractivity contribution in [3.8, 4) is 57.1 Å². The molecule has 2 unspecified atom stereocenters. The van der Waals surface area contributed by atoms with E-state index in [0.29, 0.717) is 81.4 Å². The first-order valence-electron chi connectivity index (χ1n) is 19.3. The van der Waals surface area contributed by atoms with E-state index in [0.717, 1.165) is 33.0 Å². The molecule has 3 aromatic heterocycles. The van der Waals surface area contributed by atoms with Gasteiger partial charge in [0.2, 0.25) is 0 Å². The number of H-pyrrole nitrogens is 2. The first-order valence-corrected chi connectivity index (χ1v) is 19.3. The number of rotatable bonds is 6. The predicted octanol–water partition coefficient (Wildman–Crippen LogP) is 7.93. The quantitative estimate of drug-likeness (QED) is 0.168. The minimum Gasteiger partial charge on any atom is -0.490 e. The molecule has 14 nitrogen and oxygen atoms in total. The second-order valence-corrected chi connectivity index (χ2v) is 15.6. The Bertz CT molecular complexity index is 2780. The number of aromatic nitrogens is 8. The Morgan fingerprint density at radius 3 is 1.24 bits per heavy atom. The molecule has 0 amide bonds. The maximum Gasteiger partial charge on any atom is 0.164 e. The number of nitrogens with one attached hydrogen (secondary N) is 2. The fourth-order valence-electron chi connectivity index (χ4n) is 8.01. The van der Waals surface area contributed by atoms with Crippen LogP contribution in [0.15, 0.2) is 84.9 Å². The average Bonchev–Trinajstić information content (AvgIpc) is 4.07. The van der Waals surface area contributed by atoms with Crippen LogP contribution in [-0.2, 0) is 18.9 Å². The molecule has 0 spiro atoms.